The molecule has 0 N–H and O–H groups in total. The summed E-state index contributed by atoms with van der Waals surface area (Å²) in [5, 5.41) is 2.50. The largest absolute Gasteiger partial charge is 0.256 e. The molecule has 104 valence electrons. The van der Waals surface area contributed by atoms with Crippen molar-refractivity contribution in [1.29, 1.82) is 0 Å². The van der Waals surface area contributed by atoms with Gasteiger partial charge in [-0.15, -0.1) is 0 Å². The molecule has 0 spiro atoms. The maximum absolute atomic E-state index is 4.54. The van der Waals surface area contributed by atoms with E-state index in [1.54, 1.807) is 0 Å². The number of hydrogen-bond acceptors (Lipinski definition) is 1. The van der Waals surface area contributed by atoms with Crippen LogP contribution in [0.1, 0.15) is 0 Å². The van der Waals surface area contributed by atoms with Crippen LogP contribution in [0.4, 0.5) is 0 Å². The summed E-state index contributed by atoms with van der Waals surface area (Å²) in [6, 6.07) is 29.5. The Labute approximate surface area is 129 Å². The second-order valence-corrected chi connectivity index (χ2v) is 5.36. The molecule has 4 aromatic rings. The molecule has 22 heavy (non-hydrogen) atoms. The highest BCUT2D eigenvalue weighted by molar-refractivity contribution is 5.87. The first-order valence-corrected chi connectivity index (χ1v) is 7.41. The Hall–Kier alpha value is -2.93. The average molecular weight is 281 g/mol. The smallest absolute Gasteiger partial charge is 0.0708 e. The van der Waals surface area contributed by atoms with Crippen LogP contribution in [0.3, 0.4) is 0 Å². The SMILES string of the molecule is c1ccc(-c2ccnc(-c3ccc4ccccc4c3)c2)cc1. The highest BCUT2D eigenvalue weighted by atomic mass is 14.7. The number of nitrogens with zero attached hydrogens (tertiary/aromatic N) is 1. The molecule has 1 heteroatoms. The van der Waals surface area contributed by atoms with Crippen LogP contribution in [0.5, 0.6) is 0 Å². The minimum atomic E-state index is 1.01. The van der Waals surface area contributed by atoms with E-state index in [2.05, 4.69) is 83.8 Å². The van der Waals surface area contributed by atoms with E-state index < -0.39 is 0 Å². The lowest BCUT2D eigenvalue weighted by atomic mass is 10.0. The van der Waals surface area contributed by atoms with E-state index >= 15 is 0 Å². The van der Waals surface area contributed by atoms with Crippen molar-refractivity contribution in [3.8, 4) is 22.4 Å². The van der Waals surface area contributed by atoms with E-state index in [1.807, 2.05) is 12.3 Å². The molecule has 0 saturated heterocycles. The number of rotatable bonds is 2. The number of benzene rings is 3. The Morgan fingerprint density at radius 1 is 0.500 bits per heavy atom. The lowest BCUT2D eigenvalue weighted by Crippen LogP contribution is -1.85. The van der Waals surface area contributed by atoms with Gasteiger partial charge in [-0.05, 0) is 40.1 Å². The van der Waals surface area contributed by atoms with E-state index in [9.17, 15) is 0 Å². The minimum absolute atomic E-state index is 1.01. The van der Waals surface area contributed by atoms with Gasteiger partial charge >= 0.3 is 0 Å². The van der Waals surface area contributed by atoms with Crippen LogP contribution in [0.2, 0.25) is 0 Å². The summed E-state index contributed by atoms with van der Waals surface area (Å²) in [5.74, 6) is 0. The van der Waals surface area contributed by atoms with Crippen molar-refractivity contribution in [2.75, 3.05) is 0 Å². The Kier molecular flexibility index (Phi) is 3.17. The second kappa shape index (κ2) is 5.45. The molecule has 1 nitrogen and oxygen atoms in total. The summed E-state index contributed by atoms with van der Waals surface area (Å²) >= 11 is 0. The molecule has 0 unspecified atom stereocenters. The first-order chi connectivity index (χ1) is 10.9. The van der Waals surface area contributed by atoms with E-state index in [0.29, 0.717) is 0 Å². The fourth-order valence-electron chi connectivity index (χ4n) is 2.75. The molecule has 0 atom stereocenters. The Bertz CT molecular complexity index is 926. The van der Waals surface area contributed by atoms with Gasteiger partial charge in [0.15, 0.2) is 0 Å². The Morgan fingerprint density at radius 2 is 1.27 bits per heavy atom. The summed E-state index contributed by atoms with van der Waals surface area (Å²) in [6.07, 6.45) is 1.88. The molecular weight excluding hydrogens is 266 g/mol. The molecule has 3 aromatic carbocycles. The topological polar surface area (TPSA) is 12.9 Å². The molecule has 0 fully saturated rings. The molecule has 0 radical (unpaired) electrons. The minimum Gasteiger partial charge on any atom is -0.256 e. The maximum atomic E-state index is 4.54. The molecule has 0 aliphatic heterocycles. The Balaban J connectivity index is 1.81. The predicted molar refractivity (Wildman–Crippen MR) is 92.6 cm³/mol. The first-order valence-electron chi connectivity index (χ1n) is 7.41. The van der Waals surface area contributed by atoms with Gasteiger partial charge in [-0.25, -0.2) is 0 Å². The van der Waals surface area contributed by atoms with Crippen LogP contribution in [0.15, 0.2) is 91.1 Å². The maximum Gasteiger partial charge on any atom is 0.0708 e. The lowest BCUT2D eigenvalue weighted by molar-refractivity contribution is 1.33. The normalized spacial score (nSPS) is 10.7. The molecule has 1 heterocycles. The van der Waals surface area contributed by atoms with E-state index in [0.717, 1.165) is 11.3 Å². The van der Waals surface area contributed by atoms with E-state index in [4.69, 9.17) is 0 Å². The first kappa shape index (κ1) is 12.8. The fraction of sp³-hybridized carbons (Fsp3) is 0. The standard InChI is InChI=1S/C21H15N/c1-2-6-16(7-3-1)19-12-13-22-21(15-19)20-11-10-17-8-4-5-9-18(17)14-20/h1-15H. The van der Waals surface area contributed by atoms with Gasteiger partial charge in [-0.1, -0.05) is 66.7 Å². The number of aromatic nitrogens is 1. The number of hydrogen-bond donors (Lipinski definition) is 0. The van der Waals surface area contributed by atoms with Crippen molar-refractivity contribution < 1.29 is 0 Å². The highest BCUT2D eigenvalue weighted by Crippen LogP contribution is 2.26. The van der Waals surface area contributed by atoms with Gasteiger partial charge in [0.1, 0.15) is 0 Å². The van der Waals surface area contributed by atoms with E-state index in [-0.39, 0.29) is 0 Å². The summed E-state index contributed by atoms with van der Waals surface area (Å²) in [7, 11) is 0. The van der Waals surface area contributed by atoms with Crippen molar-refractivity contribution in [2.45, 2.75) is 0 Å². The number of pyridine rings is 1. The van der Waals surface area contributed by atoms with Crippen molar-refractivity contribution >= 4 is 10.8 Å². The van der Waals surface area contributed by atoms with Crippen LogP contribution < -0.4 is 0 Å². The summed E-state index contributed by atoms with van der Waals surface area (Å²) in [4.78, 5) is 4.54. The molecule has 0 amide bonds. The van der Waals surface area contributed by atoms with Crippen LogP contribution in [-0.2, 0) is 0 Å². The summed E-state index contributed by atoms with van der Waals surface area (Å²) in [6.45, 7) is 0. The molecule has 0 bridgehead atoms. The van der Waals surface area contributed by atoms with Gasteiger partial charge in [0, 0.05) is 11.8 Å². The van der Waals surface area contributed by atoms with Gasteiger partial charge in [-0.2, -0.15) is 0 Å². The van der Waals surface area contributed by atoms with Crippen LogP contribution in [0.25, 0.3) is 33.2 Å². The van der Waals surface area contributed by atoms with Crippen molar-refractivity contribution in [3.05, 3.63) is 91.1 Å². The highest BCUT2D eigenvalue weighted by Gasteiger charge is 2.03. The average Bonchev–Trinajstić information content (AvgIpc) is 2.62. The zero-order chi connectivity index (χ0) is 14.8. The van der Waals surface area contributed by atoms with Gasteiger partial charge in [0.05, 0.1) is 5.69 Å². The van der Waals surface area contributed by atoms with E-state index in [1.165, 1.54) is 21.9 Å². The predicted octanol–water partition coefficient (Wildman–Crippen LogP) is 5.57. The third-order valence-electron chi connectivity index (χ3n) is 3.91. The molecule has 0 saturated carbocycles. The zero-order valence-corrected chi connectivity index (χ0v) is 12.1. The third-order valence-corrected chi connectivity index (χ3v) is 3.91. The lowest BCUT2D eigenvalue weighted by Gasteiger charge is -2.06. The second-order valence-electron chi connectivity index (χ2n) is 5.36. The number of fused-ring (bicyclic) bond motifs is 1. The molecule has 0 aliphatic carbocycles. The molecule has 0 aliphatic rings. The van der Waals surface area contributed by atoms with Gasteiger partial charge in [-0.3, -0.25) is 4.98 Å². The molecule has 1 aromatic heterocycles. The molecule has 4 rings (SSSR count). The van der Waals surface area contributed by atoms with Crippen molar-refractivity contribution in [1.82, 2.24) is 4.98 Å². The van der Waals surface area contributed by atoms with Crippen LogP contribution in [0, 0.1) is 0 Å². The molecular formula is C21H15N. The summed E-state index contributed by atoms with van der Waals surface area (Å²) in [5.41, 5.74) is 4.56. The Morgan fingerprint density at radius 3 is 2.14 bits per heavy atom. The van der Waals surface area contributed by atoms with Gasteiger partial charge in [0.2, 0.25) is 0 Å². The van der Waals surface area contributed by atoms with Crippen LogP contribution in [-0.4, -0.2) is 4.98 Å². The zero-order valence-electron chi connectivity index (χ0n) is 12.1. The monoisotopic (exact) mass is 281 g/mol. The van der Waals surface area contributed by atoms with Crippen molar-refractivity contribution in [3.63, 3.8) is 0 Å². The van der Waals surface area contributed by atoms with Crippen LogP contribution >= 0.6 is 0 Å². The van der Waals surface area contributed by atoms with Gasteiger partial charge < -0.3 is 0 Å². The van der Waals surface area contributed by atoms with Crippen molar-refractivity contribution in [2.24, 2.45) is 0 Å². The quantitative estimate of drug-likeness (QED) is 0.468. The third kappa shape index (κ3) is 2.38. The van der Waals surface area contributed by atoms with Gasteiger partial charge in [0.25, 0.3) is 0 Å². The fourth-order valence-corrected chi connectivity index (χ4v) is 2.75. The summed E-state index contributed by atoms with van der Waals surface area (Å²) < 4.78 is 0.